The molecule has 0 bridgehead atoms. The van der Waals surface area contributed by atoms with Gasteiger partial charge < -0.3 is 28.0 Å². The molecule has 1 unspecified atom stereocenters. The molecule has 276 valence electrons. The topological polar surface area (TPSA) is 104 Å². The maximum Gasteiger partial charge on any atom is 0.259 e. The van der Waals surface area contributed by atoms with Crippen LogP contribution in [0, 0.1) is 18.3 Å². The highest BCUT2D eigenvalue weighted by atomic mass is 31.2. The summed E-state index contributed by atoms with van der Waals surface area (Å²) >= 11 is 0. The van der Waals surface area contributed by atoms with Gasteiger partial charge in [-0.25, -0.2) is 4.67 Å². The van der Waals surface area contributed by atoms with Crippen molar-refractivity contribution >= 4 is 8.53 Å². The Bertz CT molecular complexity index is 1750. The van der Waals surface area contributed by atoms with Crippen molar-refractivity contribution in [3.8, 4) is 17.6 Å². The Morgan fingerprint density at radius 3 is 2.00 bits per heavy atom. The van der Waals surface area contributed by atoms with Gasteiger partial charge in [0.15, 0.2) is 0 Å². The average Bonchev–Trinajstić information content (AvgIpc) is 3.54. The van der Waals surface area contributed by atoms with Gasteiger partial charge in [0, 0.05) is 30.8 Å². The van der Waals surface area contributed by atoms with E-state index in [1.807, 2.05) is 79.7 Å². The molecule has 1 fully saturated rings. The molecule has 0 N–H and O–H groups in total. The standard InChI is InChI=1S/C41H50N3O7P/c1-29(2)44(30(3)4)52(49-25-11-23-42)51-37-27-40(43-24-22-31(5)26-39(43)45)50-38(37)28-48-41(32-12-9-8-10-13-32,33-14-18-35(46-6)19-15-33)34-16-20-36(47-7)21-17-34/h8-10,12-22,24,26,29-30,37-38,40H,11,25,27-28H2,1-7H3/t37-,38+,40+,52?/m0/s1. The van der Waals surface area contributed by atoms with E-state index in [2.05, 4.69) is 50.6 Å². The molecule has 1 aliphatic rings. The first-order valence-electron chi connectivity index (χ1n) is 17.7. The number of benzene rings is 3. The van der Waals surface area contributed by atoms with E-state index in [0.717, 1.165) is 33.8 Å². The molecular formula is C41H50N3O7P. The van der Waals surface area contributed by atoms with Crippen LogP contribution in [0.3, 0.4) is 0 Å². The summed E-state index contributed by atoms with van der Waals surface area (Å²) in [6.07, 6.45) is 0.708. The molecule has 4 atom stereocenters. The van der Waals surface area contributed by atoms with Gasteiger partial charge in [0.25, 0.3) is 14.1 Å². The second-order valence-electron chi connectivity index (χ2n) is 13.3. The summed E-state index contributed by atoms with van der Waals surface area (Å²) in [6.45, 7) is 10.6. The van der Waals surface area contributed by atoms with E-state index < -0.39 is 32.6 Å². The molecular weight excluding hydrogens is 677 g/mol. The van der Waals surface area contributed by atoms with Gasteiger partial charge >= 0.3 is 0 Å². The monoisotopic (exact) mass is 727 g/mol. The van der Waals surface area contributed by atoms with E-state index in [0.29, 0.717) is 6.42 Å². The first-order valence-corrected chi connectivity index (χ1v) is 18.8. The van der Waals surface area contributed by atoms with Crippen molar-refractivity contribution in [3.05, 3.63) is 130 Å². The molecule has 3 aromatic carbocycles. The molecule has 0 spiro atoms. The summed E-state index contributed by atoms with van der Waals surface area (Å²) in [5, 5.41) is 9.30. The summed E-state index contributed by atoms with van der Waals surface area (Å²) in [4.78, 5) is 13.2. The lowest BCUT2D eigenvalue weighted by Crippen LogP contribution is -2.39. The molecule has 0 aliphatic carbocycles. The minimum Gasteiger partial charge on any atom is -0.497 e. The second kappa shape index (κ2) is 18.1. The van der Waals surface area contributed by atoms with Crippen molar-refractivity contribution in [1.29, 1.82) is 5.26 Å². The average molecular weight is 728 g/mol. The van der Waals surface area contributed by atoms with Crippen LogP contribution in [0.25, 0.3) is 0 Å². The maximum atomic E-state index is 13.2. The first-order chi connectivity index (χ1) is 25.1. The Hall–Kier alpha value is -4.07. The summed E-state index contributed by atoms with van der Waals surface area (Å²) < 4.78 is 42.1. The third-order valence-electron chi connectivity index (χ3n) is 9.12. The van der Waals surface area contributed by atoms with Crippen LogP contribution < -0.4 is 15.0 Å². The van der Waals surface area contributed by atoms with Gasteiger partial charge in [0.05, 0.1) is 46.0 Å². The Morgan fingerprint density at radius 2 is 1.48 bits per heavy atom. The Balaban J connectivity index is 1.59. The van der Waals surface area contributed by atoms with Crippen LogP contribution in [0.4, 0.5) is 0 Å². The molecule has 5 rings (SSSR count). The molecule has 10 nitrogen and oxygen atoms in total. The van der Waals surface area contributed by atoms with Crippen molar-refractivity contribution in [2.45, 2.75) is 83.6 Å². The number of pyridine rings is 1. The molecule has 1 saturated heterocycles. The summed E-state index contributed by atoms with van der Waals surface area (Å²) in [5.74, 6) is 1.45. The predicted molar refractivity (Wildman–Crippen MR) is 202 cm³/mol. The molecule has 52 heavy (non-hydrogen) atoms. The maximum absolute atomic E-state index is 13.2. The van der Waals surface area contributed by atoms with Gasteiger partial charge in [0.2, 0.25) is 0 Å². The number of nitrogens with zero attached hydrogens (tertiary/aromatic N) is 3. The Kier molecular flexibility index (Phi) is 13.6. The van der Waals surface area contributed by atoms with Crippen LogP contribution in [-0.4, -0.2) is 61.0 Å². The first kappa shape index (κ1) is 39.1. The van der Waals surface area contributed by atoms with E-state index in [-0.39, 0.29) is 37.3 Å². The smallest absolute Gasteiger partial charge is 0.259 e. The minimum absolute atomic E-state index is 0.108. The van der Waals surface area contributed by atoms with E-state index in [1.54, 1.807) is 31.0 Å². The normalized spacial score (nSPS) is 18.1. The SMILES string of the molecule is COc1ccc(C(OC[C@H]2O[C@@H](n3ccc(C)cc3=O)C[C@@H]2OP(OCCC#N)N(C(C)C)C(C)C)(c2ccccc2)c2ccc(OC)cc2)cc1. The molecule has 1 aliphatic heterocycles. The zero-order valence-electron chi connectivity index (χ0n) is 31.1. The molecule has 11 heteroatoms. The van der Waals surface area contributed by atoms with Crippen molar-refractivity contribution < 1.29 is 28.0 Å². The van der Waals surface area contributed by atoms with Gasteiger partial charge in [-0.2, -0.15) is 5.26 Å². The number of rotatable bonds is 17. The molecule has 0 amide bonds. The van der Waals surface area contributed by atoms with Crippen molar-refractivity contribution in [2.75, 3.05) is 27.4 Å². The second-order valence-corrected chi connectivity index (χ2v) is 14.7. The lowest BCUT2D eigenvalue weighted by molar-refractivity contribution is -0.0923. The van der Waals surface area contributed by atoms with Gasteiger partial charge in [-0.3, -0.25) is 9.36 Å². The molecule has 4 aromatic rings. The number of aryl methyl sites for hydroxylation is 1. The highest BCUT2D eigenvalue weighted by Gasteiger charge is 2.45. The van der Waals surface area contributed by atoms with Gasteiger partial charge in [0.1, 0.15) is 29.4 Å². The minimum atomic E-state index is -1.60. The van der Waals surface area contributed by atoms with Crippen molar-refractivity contribution in [2.24, 2.45) is 0 Å². The quantitative estimate of drug-likeness (QED) is 0.0606. The van der Waals surface area contributed by atoms with Gasteiger partial charge in [-0.05, 0) is 87.2 Å². The van der Waals surface area contributed by atoms with Crippen LogP contribution in [0.15, 0.2) is 102 Å². The van der Waals surface area contributed by atoms with E-state index >= 15 is 0 Å². The van der Waals surface area contributed by atoms with Crippen molar-refractivity contribution in [3.63, 3.8) is 0 Å². The Morgan fingerprint density at radius 1 is 0.904 bits per heavy atom. The zero-order valence-corrected chi connectivity index (χ0v) is 32.0. The highest BCUT2D eigenvalue weighted by Crippen LogP contribution is 2.50. The van der Waals surface area contributed by atoms with Crippen LogP contribution in [0.2, 0.25) is 0 Å². The van der Waals surface area contributed by atoms with Crippen LogP contribution in [0.5, 0.6) is 11.5 Å². The fraction of sp³-hybridized carbons (Fsp3) is 0.415. The van der Waals surface area contributed by atoms with Crippen LogP contribution >= 0.6 is 8.53 Å². The summed E-state index contributed by atoms with van der Waals surface area (Å²) in [5.41, 5.74) is 2.33. The number of methoxy groups -OCH3 is 2. The van der Waals surface area contributed by atoms with E-state index in [4.69, 9.17) is 28.0 Å². The fourth-order valence-corrected chi connectivity index (χ4v) is 8.41. The lowest BCUT2D eigenvalue weighted by atomic mass is 9.80. The zero-order chi connectivity index (χ0) is 37.3. The third-order valence-corrected chi connectivity index (χ3v) is 11.3. The molecule has 1 aromatic heterocycles. The third kappa shape index (κ3) is 8.92. The summed E-state index contributed by atoms with van der Waals surface area (Å²) in [7, 11) is 1.69. The number of aromatic nitrogens is 1. The van der Waals surface area contributed by atoms with Gasteiger partial charge in [-0.1, -0.05) is 54.6 Å². The van der Waals surface area contributed by atoms with Gasteiger partial charge in [-0.15, -0.1) is 0 Å². The number of hydrogen-bond donors (Lipinski definition) is 0. The number of ether oxygens (including phenoxy) is 4. The summed E-state index contributed by atoms with van der Waals surface area (Å²) in [6, 6.07) is 31.7. The number of hydrogen-bond acceptors (Lipinski definition) is 9. The number of nitriles is 1. The van der Waals surface area contributed by atoms with E-state index in [9.17, 15) is 10.1 Å². The molecule has 0 radical (unpaired) electrons. The molecule has 0 saturated carbocycles. The van der Waals surface area contributed by atoms with Crippen LogP contribution in [0.1, 0.15) is 69.0 Å². The fourth-order valence-electron chi connectivity index (χ4n) is 6.65. The highest BCUT2D eigenvalue weighted by molar-refractivity contribution is 7.44. The largest absolute Gasteiger partial charge is 0.497 e. The predicted octanol–water partition coefficient (Wildman–Crippen LogP) is 8.13. The lowest BCUT2D eigenvalue weighted by Gasteiger charge is -2.39. The van der Waals surface area contributed by atoms with Crippen LogP contribution in [-0.2, 0) is 24.1 Å². The van der Waals surface area contributed by atoms with E-state index in [1.165, 1.54) is 0 Å². The molecule has 2 heterocycles. The van der Waals surface area contributed by atoms with Crippen molar-refractivity contribution in [1.82, 2.24) is 9.24 Å². The Labute approximate surface area is 308 Å².